The smallest absolute Gasteiger partial charge is 0.224 e. The molecule has 2 aromatic carbocycles. The molecule has 2 nitrogen and oxygen atoms in total. The van der Waals surface area contributed by atoms with Gasteiger partial charge >= 0.3 is 0 Å². The predicted molar refractivity (Wildman–Crippen MR) is 93.4 cm³/mol. The van der Waals surface area contributed by atoms with E-state index in [-0.39, 0.29) is 5.91 Å². The molecule has 0 saturated carbocycles. The fourth-order valence-corrected chi connectivity index (χ4v) is 2.78. The number of rotatable bonds is 5. The number of benzene rings is 2. The Morgan fingerprint density at radius 2 is 1.50 bits per heavy atom. The first kappa shape index (κ1) is 16.3. The highest BCUT2D eigenvalue weighted by Crippen LogP contribution is 2.22. The van der Waals surface area contributed by atoms with Gasteiger partial charge in [0.1, 0.15) is 0 Å². The number of hydrogen-bond acceptors (Lipinski definition) is 1. The maximum absolute atomic E-state index is 12.2. The monoisotopic (exact) mass is 295 g/mol. The highest BCUT2D eigenvalue weighted by molar-refractivity contribution is 5.92. The van der Waals surface area contributed by atoms with E-state index >= 15 is 0 Å². The molecule has 0 radical (unpaired) electrons. The zero-order valence-electron chi connectivity index (χ0n) is 14.0. The van der Waals surface area contributed by atoms with E-state index in [0.29, 0.717) is 6.42 Å². The molecule has 0 bridgehead atoms. The van der Waals surface area contributed by atoms with Gasteiger partial charge in [-0.25, -0.2) is 0 Å². The third kappa shape index (κ3) is 4.20. The lowest BCUT2D eigenvalue weighted by Gasteiger charge is -2.13. The molecule has 0 atom stereocenters. The number of nitrogens with one attached hydrogen (secondary N) is 1. The average Bonchev–Trinajstić information content (AvgIpc) is 2.49. The quantitative estimate of drug-likeness (QED) is 0.847. The zero-order valence-corrected chi connectivity index (χ0v) is 14.0. The number of anilines is 1. The fourth-order valence-electron chi connectivity index (χ4n) is 2.78. The second-order valence-electron chi connectivity index (χ2n) is 5.99. The molecule has 0 spiro atoms. The Bertz CT molecular complexity index is 633. The fraction of sp³-hybridized carbons (Fsp3) is 0.350. The van der Waals surface area contributed by atoms with Crippen LogP contribution in [0, 0.1) is 20.8 Å². The van der Waals surface area contributed by atoms with Crippen molar-refractivity contribution in [3.05, 3.63) is 64.2 Å². The molecule has 2 heteroatoms. The third-order valence-corrected chi connectivity index (χ3v) is 4.01. The van der Waals surface area contributed by atoms with Crippen molar-refractivity contribution >= 4 is 11.6 Å². The molecular weight excluding hydrogens is 270 g/mol. The van der Waals surface area contributed by atoms with E-state index in [0.717, 1.165) is 29.7 Å². The lowest BCUT2D eigenvalue weighted by Crippen LogP contribution is -2.14. The van der Waals surface area contributed by atoms with E-state index in [2.05, 4.69) is 55.6 Å². The maximum Gasteiger partial charge on any atom is 0.224 e. The van der Waals surface area contributed by atoms with Crippen LogP contribution in [0.2, 0.25) is 0 Å². The lowest BCUT2D eigenvalue weighted by atomic mass is 10.0. The van der Waals surface area contributed by atoms with E-state index < -0.39 is 0 Å². The van der Waals surface area contributed by atoms with Crippen LogP contribution in [0.25, 0.3) is 0 Å². The second kappa shape index (κ2) is 7.26. The van der Waals surface area contributed by atoms with Gasteiger partial charge in [-0.3, -0.25) is 4.79 Å². The first-order chi connectivity index (χ1) is 10.5. The van der Waals surface area contributed by atoms with E-state index in [1.165, 1.54) is 16.7 Å². The summed E-state index contributed by atoms with van der Waals surface area (Å²) in [7, 11) is 0. The number of amides is 1. The molecule has 0 saturated heterocycles. The van der Waals surface area contributed by atoms with Crippen LogP contribution in [-0.2, 0) is 17.6 Å². The van der Waals surface area contributed by atoms with Crippen LogP contribution in [-0.4, -0.2) is 5.91 Å². The van der Waals surface area contributed by atoms with Crippen molar-refractivity contribution in [1.29, 1.82) is 0 Å². The zero-order chi connectivity index (χ0) is 16.1. The molecule has 0 heterocycles. The van der Waals surface area contributed by atoms with Crippen molar-refractivity contribution in [2.45, 2.75) is 47.0 Å². The van der Waals surface area contributed by atoms with Crippen molar-refractivity contribution < 1.29 is 4.79 Å². The topological polar surface area (TPSA) is 29.1 Å². The van der Waals surface area contributed by atoms with Gasteiger partial charge in [-0.2, -0.15) is 0 Å². The Morgan fingerprint density at radius 3 is 2.05 bits per heavy atom. The summed E-state index contributed by atoms with van der Waals surface area (Å²) in [5, 5.41) is 3.06. The molecule has 116 valence electrons. The SMILES string of the molecule is CCc1ccc(CCC(=O)Nc2c(C)cc(C)cc2C)cc1. The first-order valence-electron chi connectivity index (χ1n) is 7.95. The summed E-state index contributed by atoms with van der Waals surface area (Å²) in [6.45, 7) is 8.30. The molecular formula is C20H25NO. The Kier molecular flexibility index (Phi) is 5.37. The molecule has 22 heavy (non-hydrogen) atoms. The van der Waals surface area contributed by atoms with Gasteiger partial charge in [-0.1, -0.05) is 48.9 Å². The molecule has 0 aromatic heterocycles. The van der Waals surface area contributed by atoms with Crippen LogP contribution in [0.5, 0.6) is 0 Å². The Balaban J connectivity index is 1.95. The van der Waals surface area contributed by atoms with Gasteiger partial charge in [0.25, 0.3) is 0 Å². The third-order valence-electron chi connectivity index (χ3n) is 4.01. The Morgan fingerprint density at radius 1 is 0.955 bits per heavy atom. The minimum Gasteiger partial charge on any atom is -0.326 e. The van der Waals surface area contributed by atoms with Gasteiger partial charge < -0.3 is 5.32 Å². The van der Waals surface area contributed by atoms with Crippen molar-refractivity contribution in [3.8, 4) is 0 Å². The van der Waals surface area contributed by atoms with Crippen LogP contribution in [0.3, 0.4) is 0 Å². The normalized spacial score (nSPS) is 10.5. The van der Waals surface area contributed by atoms with Crippen LogP contribution in [0.15, 0.2) is 36.4 Å². The van der Waals surface area contributed by atoms with E-state index in [1.54, 1.807) is 0 Å². The van der Waals surface area contributed by atoms with Gasteiger partial charge in [0, 0.05) is 12.1 Å². The molecule has 0 aliphatic carbocycles. The lowest BCUT2D eigenvalue weighted by molar-refractivity contribution is -0.116. The summed E-state index contributed by atoms with van der Waals surface area (Å²) in [6, 6.07) is 12.7. The minimum absolute atomic E-state index is 0.0784. The van der Waals surface area contributed by atoms with Gasteiger partial charge in [0.15, 0.2) is 0 Å². The molecule has 0 unspecified atom stereocenters. The molecule has 0 fully saturated rings. The molecule has 2 aromatic rings. The predicted octanol–water partition coefficient (Wildman–Crippen LogP) is 4.75. The van der Waals surface area contributed by atoms with Gasteiger partial charge in [-0.15, -0.1) is 0 Å². The highest BCUT2D eigenvalue weighted by Gasteiger charge is 2.08. The van der Waals surface area contributed by atoms with Gasteiger partial charge in [0.05, 0.1) is 0 Å². The van der Waals surface area contributed by atoms with Crippen molar-refractivity contribution in [3.63, 3.8) is 0 Å². The van der Waals surface area contributed by atoms with Crippen LogP contribution >= 0.6 is 0 Å². The van der Waals surface area contributed by atoms with Crippen LogP contribution in [0.4, 0.5) is 5.69 Å². The van der Waals surface area contributed by atoms with Crippen LogP contribution < -0.4 is 5.32 Å². The number of aryl methyl sites for hydroxylation is 5. The summed E-state index contributed by atoms with van der Waals surface area (Å²) in [5.41, 5.74) is 6.97. The maximum atomic E-state index is 12.2. The van der Waals surface area contributed by atoms with Crippen molar-refractivity contribution in [2.75, 3.05) is 5.32 Å². The summed E-state index contributed by atoms with van der Waals surface area (Å²) in [4.78, 5) is 12.2. The second-order valence-corrected chi connectivity index (χ2v) is 5.99. The van der Waals surface area contributed by atoms with Gasteiger partial charge in [-0.05, 0) is 55.9 Å². The minimum atomic E-state index is 0.0784. The van der Waals surface area contributed by atoms with Crippen molar-refractivity contribution in [1.82, 2.24) is 0 Å². The Hall–Kier alpha value is -2.09. The molecule has 1 N–H and O–H groups in total. The van der Waals surface area contributed by atoms with E-state index in [4.69, 9.17) is 0 Å². The molecule has 0 aliphatic rings. The average molecular weight is 295 g/mol. The summed E-state index contributed by atoms with van der Waals surface area (Å²) in [5.74, 6) is 0.0784. The number of hydrogen-bond donors (Lipinski definition) is 1. The largest absolute Gasteiger partial charge is 0.326 e. The summed E-state index contributed by atoms with van der Waals surface area (Å²) < 4.78 is 0. The molecule has 2 rings (SSSR count). The summed E-state index contributed by atoms with van der Waals surface area (Å²) >= 11 is 0. The summed E-state index contributed by atoms with van der Waals surface area (Å²) in [6.07, 6.45) is 2.34. The number of carbonyl (C=O) groups is 1. The van der Waals surface area contributed by atoms with Crippen LogP contribution in [0.1, 0.15) is 41.2 Å². The van der Waals surface area contributed by atoms with E-state index in [9.17, 15) is 4.79 Å². The Labute approximate surface area is 133 Å². The standard InChI is InChI=1S/C20H25NO/c1-5-17-6-8-18(9-7-17)10-11-19(22)21-20-15(3)12-14(2)13-16(20)4/h6-9,12-13H,5,10-11H2,1-4H3,(H,21,22). The first-order valence-corrected chi connectivity index (χ1v) is 7.95. The molecule has 1 amide bonds. The van der Waals surface area contributed by atoms with Gasteiger partial charge in [0.2, 0.25) is 5.91 Å². The highest BCUT2D eigenvalue weighted by atomic mass is 16.1. The van der Waals surface area contributed by atoms with Crippen molar-refractivity contribution in [2.24, 2.45) is 0 Å². The number of carbonyl (C=O) groups excluding carboxylic acids is 1. The van der Waals surface area contributed by atoms with E-state index in [1.807, 2.05) is 13.8 Å². The molecule has 0 aliphatic heterocycles.